The molecule has 1 aliphatic rings. The molecule has 148 valence electrons. The summed E-state index contributed by atoms with van der Waals surface area (Å²) in [6.45, 7) is 1.68. The van der Waals surface area contributed by atoms with Gasteiger partial charge in [-0.05, 0) is 46.7 Å². The first-order valence-electron chi connectivity index (χ1n) is 8.70. The Labute approximate surface area is 166 Å². The zero-order chi connectivity index (χ0) is 18.9. The number of alkyl halides is 3. The van der Waals surface area contributed by atoms with Crippen molar-refractivity contribution in [2.24, 2.45) is 5.92 Å². The van der Waals surface area contributed by atoms with E-state index in [0.717, 1.165) is 29.4 Å². The summed E-state index contributed by atoms with van der Waals surface area (Å²) in [5.74, 6) is 0.550. The van der Waals surface area contributed by atoms with E-state index in [0.29, 0.717) is 11.7 Å². The van der Waals surface area contributed by atoms with Gasteiger partial charge in [0.05, 0.1) is 0 Å². The highest BCUT2D eigenvalue weighted by Gasteiger charge is 2.32. The van der Waals surface area contributed by atoms with Crippen molar-refractivity contribution in [3.63, 3.8) is 0 Å². The van der Waals surface area contributed by atoms with Crippen LogP contribution in [0.1, 0.15) is 11.7 Å². The zero-order valence-corrected chi connectivity index (χ0v) is 15.6. The van der Waals surface area contributed by atoms with Gasteiger partial charge in [-0.25, -0.2) is 0 Å². The molecule has 1 atom stereocenters. The highest BCUT2D eigenvalue weighted by atomic mass is 35.5. The molecule has 3 nitrogen and oxygen atoms in total. The minimum atomic E-state index is -4.70. The Bertz CT molecular complexity index is 927. The molecule has 0 aliphatic carbocycles. The predicted molar refractivity (Wildman–Crippen MR) is 104 cm³/mol. The Morgan fingerprint density at radius 2 is 1.50 bits per heavy atom. The van der Waals surface area contributed by atoms with E-state index in [4.69, 9.17) is 4.74 Å². The molecular formula is C21H19ClF3NO2. The Hall–Kier alpha value is -2.44. The molecule has 0 amide bonds. The molecule has 28 heavy (non-hydrogen) atoms. The fourth-order valence-corrected chi connectivity index (χ4v) is 3.21. The van der Waals surface area contributed by atoms with Crippen molar-refractivity contribution in [3.8, 4) is 11.5 Å². The topological polar surface area (TPSA) is 30.5 Å². The van der Waals surface area contributed by atoms with Gasteiger partial charge in [-0.2, -0.15) is 0 Å². The van der Waals surface area contributed by atoms with Crippen molar-refractivity contribution in [1.29, 1.82) is 0 Å². The van der Waals surface area contributed by atoms with Gasteiger partial charge in [0.2, 0.25) is 0 Å². The molecule has 0 bridgehead atoms. The zero-order valence-electron chi connectivity index (χ0n) is 14.8. The average Bonchev–Trinajstić information content (AvgIpc) is 2.59. The van der Waals surface area contributed by atoms with Gasteiger partial charge in [0.15, 0.2) is 0 Å². The summed E-state index contributed by atoms with van der Waals surface area (Å²) < 4.78 is 47.0. The first-order chi connectivity index (χ1) is 13.0. The number of ether oxygens (including phenoxy) is 2. The minimum absolute atomic E-state index is 0. The second-order valence-corrected chi connectivity index (χ2v) is 6.58. The third-order valence-corrected chi connectivity index (χ3v) is 4.66. The molecule has 3 aromatic rings. The number of hydrogen-bond acceptors (Lipinski definition) is 3. The largest absolute Gasteiger partial charge is 0.573 e. The van der Waals surface area contributed by atoms with Crippen LogP contribution in [0.2, 0.25) is 0 Å². The van der Waals surface area contributed by atoms with Crippen molar-refractivity contribution in [1.82, 2.24) is 5.32 Å². The van der Waals surface area contributed by atoms with Crippen LogP contribution in [0.4, 0.5) is 13.2 Å². The van der Waals surface area contributed by atoms with Gasteiger partial charge in [-0.1, -0.05) is 36.4 Å². The summed E-state index contributed by atoms with van der Waals surface area (Å²) in [5, 5.41) is 5.53. The first kappa shape index (κ1) is 20.3. The summed E-state index contributed by atoms with van der Waals surface area (Å²) in [4.78, 5) is 0. The van der Waals surface area contributed by atoms with Crippen molar-refractivity contribution in [2.45, 2.75) is 12.5 Å². The second-order valence-electron chi connectivity index (χ2n) is 6.58. The van der Waals surface area contributed by atoms with Crippen LogP contribution in [0.15, 0.2) is 66.7 Å². The molecule has 1 heterocycles. The predicted octanol–water partition coefficient (Wildman–Crippen LogP) is 5.50. The maximum atomic E-state index is 12.3. The molecule has 7 heteroatoms. The number of rotatable bonds is 5. The molecule has 0 radical (unpaired) electrons. The number of benzene rings is 3. The van der Waals surface area contributed by atoms with Gasteiger partial charge in [-0.3, -0.25) is 0 Å². The number of hydrogen-bond donors (Lipinski definition) is 1. The lowest BCUT2D eigenvalue weighted by molar-refractivity contribution is -0.274. The number of fused-ring (bicyclic) bond motifs is 1. The molecule has 1 saturated heterocycles. The fourth-order valence-electron chi connectivity index (χ4n) is 3.21. The quantitative estimate of drug-likeness (QED) is 0.603. The first-order valence-corrected chi connectivity index (χ1v) is 8.70. The molecule has 4 rings (SSSR count). The minimum Gasteiger partial charge on any atom is -0.485 e. The van der Waals surface area contributed by atoms with Gasteiger partial charge in [0.1, 0.15) is 17.6 Å². The molecule has 1 unspecified atom stereocenters. The van der Waals surface area contributed by atoms with Crippen LogP contribution in [0, 0.1) is 5.92 Å². The van der Waals surface area contributed by atoms with E-state index in [-0.39, 0.29) is 24.3 Å². The van der Waals surface area contributed by atoms with E-state index in [1.807, 2.05) is 18.2 Å². The Morgan fingerprint density at radius 3 is 2.11 bits per heavy atom. The maximum absolute atomic E-state index is 12.3. The maximum Gasteiger partial charge on any atom is 0.573 e. The van der Waals surface area contributed by atoms with E-state index >= 15 is 0 Å². The summed E-state index contributed by atoms with van der Waals surface area (Å²) in [5.41, 5.74) is 1.05. The third-order valence-electron chi connectivity index (χ3n) is 4.66. The highest BCUT2D eigenvalue weighted by molar-refractivity contribution is 5.85. The molecule has 0 aromatic heterocycles. The van der Waals surface area contributed by atoms with Crippen LogP contribution in [0.5, 0.6) is 11.5 Å². The van der Waals surface area contributed by atoms with Crippen LogP contribution in [0.25, 0.3) is 10.8 Å². The standard InChI is InChI=1S/C21H18F3NO2.ClH/c22-21(23,24)27-19-9-7-18(8-10-19)26-20(17-12-25-13-17)16-6-5-14-3-1-2-4-15(14)11-16;/h1-11,17,20,25H,12-13H2;1H. The molecular weight excluding hydrogens is 391 g/mol. The smallest absolute Gasteiger partial charge is 0.485 e. The molecule has 1 aliphatic heterocycles. The van der Waals surface area contributed by atoms with Gasteiger partial charge in [0, 0.05) is 19.0 Å². The fraction of sp³-hybridized carbons (Fsp3) is 0.238. The van der Waals surface area contributed by atoms with E-state index in [1.54, 1.807) is 0 Å². The SMILES string of the molecule is Cl.FC(F)(F)Oc1ccc(OC(c2ccc3ccccc3c2)C2CNC2)cc1. The van der Waals surface area contributed by atoms with E-state index in [1.165, 1.54) is 24.3 Å². The monoisotopic (exact) mass is 409 g/mol. The van der Waals surface area contributed by atoms with Crippen molar-refractivity contribution >= 4 is 23.2 Å². The van der Waals surface area contributed by atoms with Gasteiger partial charge in [-0.15, -0.1) is 25.6 Å². The van der Waals surface area contributed by atoms with Crippen molar-refractivity contribution in [2.75, 3.05) is 13.1 Å². The van der Waals surface area contributed by atoms with Crippen LogP contribution in [-0.2, 0) is 0 Å². The summed E-state index contributed by atoms with van der Waals surface area (Å²) in [7, 11) is 0. The third kappa shape index (κ3) is 4.69. The van der Waals surface area contributed by atoms with Crippen LogP contribution < -0.4 is 14.8 Å². The van der Waals surface area contributed by atoms with Crippen LogP contribution in [-0.4, -0.2) is 19.5 Å². The normalized spacial score (nSPS) is 15.4. The van der Waals surface area contributed by atoms with Gasteiger partial charge in [0.25, 0.3) is 0 Å². The number of nitrogens with one attached hydrogen (secondary N) is 1. The van der Waals surface area contributed by atoms with E-state index in [9.17, 15) is 13.2 Å². The number of halogens is 4. The summed E-state index contributed by atoms with van der Waals surface area (Å²) in [6, 6.07) is 19.8. The Morgan fingerprint density at radius 1 is 0.857 bits per heavy atom. The van der Waals surface area contributed by atoms with Crippen molar-refractivity contribution in [3.05, 3.63) is 72.3 Å². The highest BCUT2D eigenvalue weighted by Crippen LogP contribution is 2.33. The average molecular weight is 410 g/mol. The molecule has 0 spiro atoms. The van der Waals surface area contributed by atoms with Crippen LogP contribution >= 0.6 is 12.4 Å². The lowest BCUT2D eigenvalue weighted by Gasteiger charge is -2.35. The molecule has 3 aromatic carbocycles. The lowest BCUT2D eigenvalue weighted by atomic mass is 9.89. The molecule has 0 saturated carbocycles. The Kier molecular flexibility index (Phi) is 6.01. The van der Waals surface area contributed by atoms with Crippen molar-refractivity contribution < 1.29 is 22.6 Å². The van der Waals surface area contributed by atoms with E-state index < -0.39 is 6.36 Å². The van der Waals surface area contributed by atoms with Crippen LogP contribution in [0.3, 0.4) is 0 Å². The Balaban J connectivity index is 0.00000225. The molecule has 1 N–H and O–H groups in total. The van der Waals surface area contributed by atoms with E-state index in [2.05, 4.69) is 34.3 Å². The van der Waals surface area contributed by atoms with Gasteiger partial charge >= 0.3 is 6.36 Å². The van der Waals surface area contributed by atoms with Gasteiger partial charge < -0.3 is 14.8 Å². The lowest BCUT2D eigenvalue weighted by Crippen LogP contribution is -2.46. The second kappa shape index (κ2) is 8.29. The summed E-state index contributed by atoms with van der Waals surface area (Å²) in [6.07, 6.45) is -4.88. The molecule has 1 fully saturated rings. The summed E-state index contributed by atoms with van der Waals surface area (Å²) >= 11 is 0.